The second-order valence-electron chi connectivity index (χ2n) is 7.62. The first-order valence-corrected chi connectivity index (χ1v) is 10.1. The summed E-state index contributed by atoms with van der Waals surface area (Å²) in [5.41, 5.74) is 8.19. The number of amides is 2. The highest BCUT2D eigenvalue weighted by atomic mass is 16.5. The molecule has 0 saturated heterocycles. The van der Waals surface area contributed by atoms with Crippen molar-refractivity contribution in [3.8, 4) is 11.8 Å². The van der Waals surface area contributed by atoms with Gasteiger partial charge in [0, 0.05) is 5.69 Å². The lowest BCUT2D eigenvalue weighted by atomic mass is 10.1. The van der Waals surface area contributed by atoms with Gasteiger partial charge in [0.1, 0.15) is 23.4 Å². The van der Waals surface area contributed by atoms with Crippen LogP contribution in [0.5, 0.6) is 5.75 Å². The van der Waals surface area contributed by atoms with Gasteiger partial charge in [0.25, 0.3) is 5.91 Å². The largest absolute Gasteiger partial charge is 0.477 e. The summed E-state index contributed by atoms with van der Waals surface area (Å²) in [7, 11) is 0. The Hall–Kier alpha value is -4.19. The average Bonchev–Trinajstić information content (AvgIpc) is 3.36. The number of nitrogens with one attached hydrogen (secondary N) is 1. The Morgan fingerprint density at radius 3 is 2.72 bits per heavy atom. The first kappa shape index (κ1) is 21.1. The molecule has 3 heterocycles. The molecule has 0 unspecified atom stereocenters. The van der Waals surface area contributed by atoms with Crippen molar-refractivity contribution in [3.63, 3.8) is 0 Å². The molecule has 0 radical (unpaired) electrons. The zero-order valence-electron chi connectivity index (χ0n) is 17.8. The monoisotopic (exact) mass is 433 g/mol. The fourth-order valence-electron chi connectivity index (χ4n) is 3.84. The van der Waals surface area contributed by atoms with Crippen LogP contribution in [0.3, 0.4) is 0 Å². The van der Waals surface area contributed by atoms with E-state index in [1.165, 1.54) is 0 Å². The topological polar surface area (TPSA) is 127 Å². The third kappa shape index (κ3) is 3.90. The van der Waals surface area contributed by atoms with E-state index in [1.54, 1.807) is 29.4 Å². The number of ether oxygens (including phenoxy) is 1. The summed E-state index contributed by atoms with van der Waals surface area (Å²) in [4.78, 5) is 26.5. The number of carbonyl (C=O) groups excluding carboxylic acids is 2. The standard InChI is InChI=1S/C23H23N5O4/c1-14-15(2)28(11-16-6-5-9-31-16)23(17(14)10-24)26-21(29)13-27-12-20(22(25)30)32-19-8-4-3-7-18(19)27/h3-9,20H,11-13H2,1-2H3,(H2,25,30)(H,26,29)/t20-/m0/s1. The van der Waals surface area contributed by atoms with E-state index in [1.807, 2.05) is 36.6 Å². The van der Waals surface area contributed by atoms with Crippen molar-refractivity contribution >= 4 is 23.3 Å². The number of aromatic nitrogens is 1. The van der Waals surface area contributed by atoms with Gasteiger partial charge in [-0.3, -0.25) is 9.59 Å². The van der Waals surface area contributed by atoms with Gasteiger partial charge in [0.2, 0.25) is 5.91 Å². The maximum atomic E-state index is 13.1. The van der Waals surface area contributed by atoms with E-state index >= 15 is 0 Å². The predicted molar refractivity (Wildman–Crippen MR) is 117 cm³/mol. The van der Waals surface area contributed by atoms with E-state index in [4.69, 9.17) is 14.9 Å². The number of carbonyl (C=O) groups is 2. The number of rotatable bonds is 6. The number of fused-ring (bicyclic) bond motifs is 1. The van der Waals surface area contributed by atoms with Gasteiger partial charge in [-0.15, -0.1) is 0 Å². The lowest BCUT2D eigenvalue weighted by molar-refractivity contribution is -0.125. The Bertz CT molecular complexity index is 1210. The molecule has 2 amide bonds. The van der Waals surface area contributed by atoms with Crippen molar-refractivity contribution in [3.05, 3.63) is 65.2 Å². The normalized spacial score (nSPS) is 14.9. The third-order valence-electron chi connectivity index (χ3n) is 5.61. The molecular formula is C23H23N5O4. The number of anilines is 2. The summed E-state index contributed by atoms with van der Waals surface area (Å²) >= 11 is 0. The second-order valence-corrected chi connectivity index (χ2v) is 7.62. The van der Waals surface area contributed by atoms with Crippen LogP contribution in [0.4, 0.5) is 11.5 Å². The van der Waals surface area contributed by atoms with Crippen molar-refractivity contribution in [2.24, 2.45) is 5.73 Å². The molecule has 1 aromatic carbocycles. The first-order chi connectivity index (χ1) is 15.4. The zero-order chi connectivity index (χ0) is 22.8. The number of primary amides is 1. The first-order valence-electron chi connectivity index (χ1n) is 10.1. The SMILES string of the molecule is Cc1c(C#N)c(NC(=O)CN2C[C@@H](C(N)=O)Oc3ccccc32)n(Cc2ccco2)c1C. The fraction of sp³-hybridized carbons (Fsp3) is 0.261. The molecule has 9 heteroatoms. The summed E-state index contributed by atoms with van der Waals surface area (Å²) in [6, 6.07) is 13.0. The fourth-order valence-corrected chi connectivity index (χ4v) is 3.84. The van der Waals surface area contributed by atoms with Gasteiger partial charge in [-0.2, -0.15) is 5.26 Å². The van der Waals surface area contributed by atoms with Crippen LogP contribution in [0.15, 0.2) is 47.1 Å². The third-order valence-corrected chi connectivity index (χ3v) is 5.61. The van der Waals surface area contributed by atoms with Gasteiger partial charge < -0.3 is 29.7 Å². The molecule has 0 saturated carbocycles. The minimum atomic E-state index is -0.861. The van der Waals surface area contributed by atoms with Gasteiger partial charge in [-0.1, -0.05) is 12.1 Å². The zero-order valence-corrected chi connectivity index (χ0v) is 17.8. The summed E-state index contributed by atoms with van der Waals surface area (Å²) in [6.45, 7) is 4.22. The average molecular weight is 433 g/mol. The highest BCUT2D eigenvalue weighted by molar-refractivity contribution is 5.95. The number of para-hydroxylation sites is 2. The Balaban J connectivity index is 1.60. The van der Waals surface area contributed by atoms with E-state index in [-0.39, 0.29) is 19.0 Å². The van der Waals surface area contributed by atoms with Crippen molar-refractivity contribution in [1.82, 2.24) is 4.57 Å². The minimum Gasteiger partial charge on any atom is -0.477 e. The number of furan rings is 1. The van der Waals surface area contributed by atoms with Crippen LogP contribution in [0, 0.1) is 25.2 Å². The van der Waals surface area contributed by atoms with Crippen LogP contribution >= 0.6 is 0 Å². The molecule has 1 aliphatic heterocycles. The van der Waals surface area contributed by atoms with Crippen molar-refractivity contribution in [1.29, 1.82) is 5.26 Å². The molecule has 9 nitrogen and oxygen atoms in total. The molecule has 4 rings (SSSR count). The molecule has 3 N–H and O–H groups in total. The Morgan fingerprint density at radius 1 is 1.25 bits per heavy atom. The van der Waals surface area contributed by atoms with Gasteiger partial charge in [0.15, 0.2) is 6.10 Å². The molecule has 0 spiro atoms. The highest BCUT2D eigenvalue weighted by Gasteiger charge is 2.30. The summed E-state index contributed by atoms with van der Waals surface area (Å²) in [6.07, 6.45) is 0.717. The molecule has 0 fully saturated rings. The molecule has 0 bridgehead atoms. The number of hydrogen-bond donors (Lipinski definition) is 2. The molecule has 1 atom stereocenters. The van der Waals surface area contributed by atoms with Crippen molar-refractivity contribution in [2.45, 2.75) is 26.5 Å². The van der Waals surface area contributed by atoms with E-state index in [2.05, 4.69) is 11.4 Å². The summed E-state index contributed by atoms with van der Waals surface area (Å²) in [5.74, 6) is 0.669. The Labute approximate surface area is 185 Å². The molecule has 0 aliphatic carbocycles. The van der Waals surface area contributed by atoms with E-state index in [0.29, 0.717) is 35.1 Å². The lowest BCUT2D eigenvalue weighted by Crippen LogP contribution is -2.49. The van der Waals surface area contributed by atoms with E-state index in [9.17, 15) is 14.9 Å². The van der Waals surface area contributed by atoms with Gasteiger partial charge in [-0.05, 0) is 43.7 Å². The van der Waals surface area contributed by atoms with Crippen LogP contribution in [-0.2, 0) is 16.1 Å². The van der Waals surface area contributed by atoms with Crippen LogP contribution in [0.1, 0.15) is 22.6 Å². The number of nitrogens with two attached hydrogens (primary N) is 1. The number of nitriles is 1. The van der Waals surface area contributed by atoms with Crippen LogP contribution in [0.25, 0.3) is 0 Å². The van der Waals surface area contributed by atoms with Gasteiger partial charge >= 0.3 is 0 Å². The van der Waals surface area contributed by atoms with Crippen molar-refractivity contribution < 1.29 is 18.7 Å². The van der Waals surface area contributed by atoms with Crippen LogP contribution in [-0.4, -0.2) is 35.6 Å². The number of hydrogen-bond acceptors (Lipinski definition) is 6. The summed E-state index contributed by atoms with van der Waals surface area (Å²) < 4.78 is 13.0. The number of nitrogens with zero attached hydrogens (tertiary/aromatic N) is 3. The predicted octanol–water partition coefficient (Wildman–Crippen LogP) is 2.31. The maximum absolute atomic E-state index is 13.1. The minimum absolute atomic E-state index is 0.0426. The van der Waals surface area contributed by atoms with Crippen LogP contribution < -0.4 is 20.7 Å². The van der Waals surface area contributed by atoms with Crippen LogP contribution in [0.2, 0.25) is 0 Å². The smallest absolute Gasteiger partial charge is 0.260 e. The Kier molecular flexibility index (Phi) is 5.60. The van der Waals surface area contributed by atoms with E-state index < -0.39 is 12.0 Å². The molecule has 3 aromatic rings. The quantitative estimate of drug-likeness (QED) is 0.614. The molecule has 1 aliphatic rings. The molecule has 164 valence electrons. The second kappa shape index (κ2) is 8.51. The molecule has 32 heavy (non-hydrogen) atoms. The highest BCUT2D eigenvalue weighted by Crippen LogP contribution is 2.33. The molecule has 2 aromatic heterocycles. The number of benzene rings is 1. The van der Waals surface area contributed by atoms with Gasteiger partial charge in [0.05, 0.1) is 37.1 Å². The molecular weight excluding hydrogens is 410 g/mol. The maximum Gasteiger partial charge on any atom is 0.260 e. The van der Waals surface area contributed by atoms with E-state index in [0.717, 1.165) is 11.3 Å². The van der Waals surface area contributed by atoms with Crippen molar-refractivity contribution in [2.75, 3.05) is 23.3 Å². The Morgan fingerprint density at radius 2 is 2.03 bits per heavy atom. The lowest BCUT2D eigenvalue weighted by Gasteiger charge is -2.34. The summed E-state index contributed by atoms with van der Waals surface area (Å²) in [5, 5.41) is 12.6. The van der Waals surface area contributed by atoms with Gasteiger partial charge in [-0.25, -0.2) is 0 Å².